The van der Waals surface area contributed by atoms with Crippen LogP contribution in [-0.4, -0.2) is 45.9 Å². The van der Waals surface area contributed by atoms with Gasteiger partial charge in [-0.1, -0.05) is 24.3 Å². The molecular weight excluding hydrogens is 400 g/mol. The van der Waals surface area contributed by atoms with E-state index >= 15 is 0 Å². The highest BCUT2D eigenvalue weighted by molar-refractivity contribution is 7.91. The maximum Gasteiger partial charge on any atom is 0.191 e. The number of nitrogens with zero attached hydrogens (tertiary/aromatic N) is 1. The van der Waals surface area contributed by atoms with Crippen molar-refractivity contribution in [3.05, 3.63) is 60.2 Å². The summed E-state index contributed by atoms with van der Waals surface area (Å²) in [6, 6.07) is 11.4. The van der Waals surface area contributed by atoms with E-state index in [-0.39, 0.29) is 29.5 Å². The second-order valence-electron chi connectivity index (χ2n) is 6.25. The molecule has 0 aromatic heterocycles. The lowest BCUT2D eigenvalue weighted by molar-refractivity contribution is 0.220. The third kappa shape index (κ3) is 7.01. The second kappa shape index (κ2) is 10.8. The van der Waals surface area contributed by atoms with Crippen molar-refractivity contribution in [3.63, 3.8) is 0 Å². The summed E-state index contributed by atoms with van der Waals surface area (Å²) in [4.78, 5) is 4.00. The molecule has 0 heterocycles. The molecule has 0 amide bonds. The molecule has 1 atom stereocenters. The molecule has 0 bridgehead atoms. The van der Waals surface area contributed by atoms with Crippen LogP contribution in [0.2, 0.25) is 0 Å². The number of hydrogen-bond acceptors (Lipinski definition) is 4. The van der Waals surface area contributed by atoms with E-state index in [1.165, 1.54) is 30.3 Å². The molecule has 1 unspecified atom stereocenters. The van der Waals surface area contributed by atoms with E-state index in [0.29, 0.717) is 12.5 Å². The number of ether oxygens (including phenoxy) is 1. The number of rotatable bonds is 9. The number of halogens is 2. The van der Waals surface area contributed by atoms with Gasteiger partial charge in [-0.3, -0.25) is 0 Å². The van der Waals surface area contributed by atoms with Gasteiger partial charge in [0.2, 0.25) is 0 Å². The highest BCUT2D eigenvalue weighted by atomic mass is 32.2. The maximum absolute atomic E-state index is 13.7. The number of sulfone groups is 1. The van der Waals surface area contributed by atoms with Crippen molar-refractivity contribution < 1.29 is 21.9 Å². The number of benzene rings is 2. The Kier molecular flexibility index (Phi) is 8.38. The first-order valence-electron chi connectivity index (χ1n) is 9.24. The Balaban J connectivity index is 1.92. The number of aliphatic imine (C=N–C) groups is 1. The Morgan fingerprint density at radius 1 is 1.07 bits per heavy atom. The van der Waals surface area contributed by atoms with E-state index in [1.54, 1.807) is 19.1 Å². The smallest absolute Gasteiger partial charge is 0.191 e. The van der Waals surface area contributed by atoms with Crippen LogP contribution in [0.4, 0.5) is 8.78 Å². The van der Waals surface area contributed by atoms with Crippen molar-refractivity contribution in [1.82, 2.24) is 10.6 Å². The minimum Gasteiger partial charge on any atom is -0.486 e. The van der Waals surface area contributed by atoms with Crippen LogP contribution in [0.25, 0.3) is 0 Å². The first-order valence-corrected chi connectivity index (χ1v) is 10.9. The number of nitrogens with one attached hydrogen (secondary N) is 2. The van der Waals surface area contributed by atoms with Gasteiger partial charge in [-0.2, -0.15) is 0 Å². The van der Waals surface area contributed by atoms with Gasteiger partial charge >= 0.3 is 0 Å². The minimum atomic E-state index is -3.76. The normalized spacial score (nSPS) is 13.0. The molecule has 2 aromatic carbocycles. The lowest BCUT2D eigenvalue weighted by Crippen LogP contribution is -2.40. The van der Waals surface area contributed by atoms with Gasteiger partial charge in [0, 0.05) is 13.1 Å². The molecule has 0 fully saturated rings. The van der Waals surface area contributed by atoms with Gasteiger partial charge in [-0.15, -0.1) is 0 Å². The van der Waals surface area contributed by atoms with Gasteiger partial charge < -0.3 is 15.4 Å². The Hall–Kier alpha value is -2.68. The SMILES string of the molecule is CCNC(=NCC(C)Oc1ccccc1F)NCCS(=O)(=O)c1ccccc1F. The van der Waals surface area contributed by atoms with Gasteiger partial charge in [-0.25, -0.2) is 22.2 Å². The van der Waals surface area contributed by atoms with E-state index in [0.717, 1.165) is 6.07 Å². The van der Waals surface area contributed by atoms with Gasteiger partial charge in [0.05, 0.1) is 12.3 Å². The summed E-state index contributed by atoms with van der Waals surface area (Å²) in [5.74, 6) is -0.983. The molecule has 2 aromatic rings. The Labute approximate surface area is 169 Å². The topological polar surface area (TPSA) is 79.8 Å². The lowest BCUT2D eigenvalue weighted by Gasteiger charge is -2.15. The number of guanidine groups is 1. The van der Waals surface area contributed by atoms with Gasteiger partial charge in [-0.05, 0) is 38.1 Å². The molecule has 9 heteroatoms. The summed E-state index contributed by atoms with van der Waals surface area (Å²) < 4.78 is 57.5. The van der Waals surface area contributed by atoms with Gasteiger partial charge in [0.25, 0.3) is 0 Å². The molecule has 0 aliphatic rings. The molecule has 0 spiro atoms. The largest absolute Gasteiger partial charge is 0.486 e. The standard InChI is InChI=1S/C20H25F2N3O3S/c1-3-23-20(25-14-15(2)28-18-10-6-4-8-16(18)21)24-12-13-29(26,27)19-11-7-5-9-17(19)22/h4-11,15H,3,12-14H2,1-2H3,(H2,23,24,25). The predicted molar refractivity (Wildman–Crippen MR) is 109 cm³/mol. The van der Waals surface area contributed by atoms with Crippen LogP contribution in [-0.2, 0) is 9.84 Å². The van der Waals surface area contributed by atoms with Crippen molar-refractivity contribution in [2.24, 2.45) is 4.99 Å². The minimum absolute atomic E-state index is 0.0467. The number of para-hydroxylation sites is 1. The van der Waals surface area contributed by atoms with Crippen LogP contribution in [0.3, 0.4) is 0 Å². The Morgan fingerprint density at radius 2 is 1.72 bits per heavy atom. The Bertz CT molecular complexity index is 936. The average Bonchev–Trinajstić information content (AvgIpc) is 2.68. The second-order valence-corrected chi connectivity index (χ2v) is 8.33. The number of hydrogen-bond donors (Lipinski definition) is 2. The van der Waals surface area contributed by atoms with Crippen molar-refractivity contribution in [1.29, 1.82) is 0 Å². The van der Waals surface area contributed by atoms with Crippen molar-refractivity contribution >= 4 is 15.8 Å². The van der Waals surface area contributed by atoms with Crippen LogP contribution in [0.5, 0.6) is 5.75 Å². The van der Waals surface area contributed by atoms with Crippen LogP contribution in [0, 0.1) is 11.6 Å². The zero-order valence-electron chi connectivity index (χ0n) is 16.4. The fourth-order valence-electron chi connectivity index (χ4n) is 2.47. The van der Waals surface area contributed by atoms with E-state index in [9.17, 15) is 17.2 Å². The third-order valence-electron chi connectivity index (χ3n) is 3.85. The van der Waals surface area contributed by atoms with Crippen molar-refractivity contribution in [3.8, 4) is 5.75 Å². The van der Waals surface area contributed by atoms with E-state index < -0.39 is 27.6 Å². The molecule has 158 valence electrons. The van der Waals surface area contributed by atoms with Crippen molar-refractivity contribution in [2.75, 3.05) is 25.4 Å². The van der Waals surface area contributed by atoms with Crippen LogP contribution in [0.15, 0.2) is 58.4 Å². The molecule has 29 heavy (non-hydrogen) atoms. The predicted octanol–water partition coefficient (Wildman–Crippen LogP) is 2.76. The average molecular weight is 426 g/mol. The fraction of sp³-hybridized carbons (Fsp3) is 0.350. The molecule has 0 aliphatic carbocycles. The molecule has 0 saturated heterocycles. The summed E-state index contributed by atoms with van der Waals surface area (Å²) >= 11 is 0. The van der Waals surface area contributed by atoms with Crippen molar-refractivity contribution in [2.45, 2.75) is 24.8 Å². The van der Waals surface area contributed by atoms with E-state index in [4.69, 9.17) is 4.74 Å². The zero-order chi connectivity index (χ0) is 21.3. The van der Waals surface area contributed by atoms with Crippen LogP contribution < -0.4 is 15.4 Å². The highest BCUT2D eigenvalue weighted by Crippen LogP contribution is 2.17. The molecule has 0 radical (unpaired) electrons. The summed E-state index contributed by atoms with van der Waals surface area (Å²) in [6.07, 6.45) is -0.399. The highest BCUT2D eigenvalue weighted by Gasteiger charge is 2.18. The molecule has 2 N–H and O–H groups in total. The summed E-state index contributed by atoms with van der Waals surface area (Å²) in [5.41, 5.74) is 0. The lowest BCUT2D eigenvalue weighted by atomic mass is 10.3. The maximum atomic E-state index is 13.7. The van der Waals surface area contributed by atoms with E-state index in [1.807, 2.05) is 6.92 Å². The Morgan fingerprint density at radius 3 is 2.38 bits per heavy atom. The van der Waals surface area contributed by atoms with E-state index in [2.05, 4.69) is 15.6 Å². The third-order valence-corrected chi connectivity index (χ3v) is 5.59. The fourth-order valence-corrected chi connectivity index (χ4v) is 3.71. The first-order chi connectivity index (χ1) is 13.8. The van der Waals surface area contributed by atoms with Gasteiger partial charge in [0.1, 0.15) is 16.8 Å². The first kappa shape index (κ1) is 22.6. The summed E-state index contributed by atoms with van der Waals surface area (Å²) in [7, 11) is -3.76. The molecule has 0 aliphatic heterocycles. The summed E-state index contributed by atoms with van der Waals surface area (Å²) in [6.45, 7) is 4.46. The van der Waals surface area contributed by atoms with Gasteiger partial charge in [0.15, 0.2) is 27.4 Å². The van der Waals surface area contributed by atoms with Crippen LogP contribution >= 0.6 is 0 Å². The van der Waals surface area contributed by atoms with Crippen LogP contribution in [0.1, 0.15) is 13.8 Å². The molecule has 0 saturated carbocycles. The molecular formula is C20H25F2N3O3S. The quantitative estimate of drug-likeness (QED) is 0.477. The monoisotopic (exact) mass is 425 g/mol. The molecule has 6 nitrogen and oxygen atoms in total. The zero-order valence-corrected chi connectivity index (χ0v) is 17.2. The summed E-state index contributed by atoms with van der Waals surface area (Å²) in [5, 5.41) is 5.90. The molecule has 2 rings (SSSR count).